The fourth-order valence-corrected chi connectivity index (χ4v) is 4.23. The molecule has 2 aromatic heterocycles. The molecule has 3 aromatic rings. The summed E-state index contributed by atoms with van der Waals surface area (Å²) in [5.74, 6) is 0. The van der Waals surface area contributed by atoms with Crippen molar-refractivity contribution in [2.24, 2.45) is 7.05 Å². The van der Waals surface area contributed by atoms with Gasteiger partial charge < -0.3 is 4.57 Å². The molecule has 4 rings (SSSR count). The van der Waals surface area contributed by atoms with Crippen molar-refractivity contribution in [3.63, 3.8) is 0 Å². The molecule has 5 nitrogen and oxygen atoms in total. The maximum atomic E-state index is 13.8. The summed E-state index contributed by atoms with van der Waals surface area (Å²) in [6.07, 6.45) is 0.869. The van der Waals surface area contributed by atoms with E-state index in [4.69, 9.17) is 0 Å². The predicted molar refractivity (Wildman–Crippen MR) is 105 cm³/mol. The van der Waals surface area contributed by atoms with Crippen LogP contribution in [0.1, 0.15) is 29.7 Å². The van der Waals surface area contributed by atoms with Crippen LogP contribution in [0.4, 0.5) is 13.2 Å². The number of fused-ring (bicyclic) bond motifs is 1. The lowest BCUT2D eigenvalue weighted by molar-refractivity contribution is -0.144. The molecule has 0 N–H and O–H groups in total. The minimum atomic E-state index is -4.59. The Kier molecular flexibility index (Phi) is 4.98. The molecule has 0 spiro atoms. The van der Waals surface area contributed by atoms with Crippen LogP contribution < -0.4 is 5.43 Å². The minimum absolute atomic E-state index is 0.0386. The van der Waals surface area contributed by atoms with Gasteiger partial charge in [-0.05, 0) is 38.4 Å². The molecule has 0 aliphatic carbocycles. The summed E-state index contributed by atoms with van der Waals surface area (Å²) in [6.45, 7) is 3.50. The van der Waals surface area contributed by atoms with E-state index in [9.17, 15) is 18.0 Å². The number of pyridine rings is 1. The van der Waals surface area contributed by atoms with Crippen molar-refractivity contribution >= 4 is 10.9 Å². The Labute approximate surface area is 166 Å². The fraction of sp³-hybridized carbons (Fsp3) is 0.429. The van der Waals surface area contributed by atoms with Gasteiger partial charge in [-0.15, -0.1) is 0 Å². The molecule has 1 aromatic carbocycles. The average molecular weight is 404 g/mol. The Hall–Kier alpha value is -2.61. The van der Waals surface area contributed by atoms with Gasteiger partial charge in [0, 0.05) is 49.4 Å². The van der Waals surface area contributed by atoms with Crippen molar-refractivity contribution in [3.8, 4) is 0 Å². The molecule has 0 saturated carbocycles. The molecular formula is C21H23F3N4O. The van der Waals surface area contributed by atoms with Gasteiger partial charge >= 0.3 is 6.18 Å². The summed E-state index contributed by atoms with van der Waals surface area (Å²) in [5, 5.41) is 4.50. The van der Waals surface area contributed by atoms with Gasteiger partial charge in [-0.3, -0.25) is 14.4 Å². The van der Waals surface area contributed by atoms with E-state index in [1.54, 1.807) is 29.1 Å². The van der Waals surface area contributed by atoms with Gasteiger partial charge in [0.1, 0.15) is 5.69 Å². The second-order valence-electron chi connectivity index (χ2n) is 7.81. The number of hydrogen-bond donors (Lipinski definition) is 0. The van der Waals surface area contributed by atoms with Crippen LogP contribution >= 0.6 is 0 Å². The van der Waals surface area contributed by atoms with Crippen LogP contribution in [0.5, 0.6) is 0 Å². The van der Waals surface area contributed by atoms with Crippen LogP contribution in [-0.2, 0) is 26.3 Å². The van der Waals surface area contributed by atoms with Crippen molar-refractivity contribution in [1.82, 2.24) is 19.2 Å². The smallest absolute Gasteiger partial charge is 0.335 e. The lowest BCUT2D eigenvalue weighted by atomic mass is 10.1. The van der Waals surface area contributed by atoms with Crippen molar-refractivity contribution in [1.29, 1.82) is 0 Å². The lowest BCUT2D eigenvalue weighted by Gasteiger charge is -2.27. The number of halogens is 3. The van der Waals surface area contributed by atoms with E-state index < -0.39 is 17.3 Å². The molecule has 154 valence electrons. The Balaban J connectivity index is 1.74. The highest BCUT2D eigenvalue weighted by Gasteiger charge is 2.36. The van der Waals surface area contributed by atoms with Crippen molar-refractivity contribution < 1.29 is 13.2 Å². The van der Waals surface area contributed by atoms with Crippen LogP contribution in [0.3, 0.4) is 0 Å². The first kappa shape index (κ1) is 19.7. The third-order valence-corrected chi connectivity index (χ3v) is 5.59. The standard InChI is InChI=1S/C21H23F3N4O/c1-14-5-6-18-17(8-14)19(29)9-20(21(22,23)24)28(18)13-16-4-3-7-27(16)12-15-10-25-26(2)11-15/h5-6,8-11,16H,3-4,7,12-13H2,1-2H3/t16-/m0/s1. The van der Waals surface area contributed by atoms with Gasteiger partial charge in [-0.2, -0.15) is 18.3 Å². The zero-order chi connectivity index (χ0) is 20.8. The number of aryl methyl sites for hydroxylation is 2. The van der Waals surface area contributed by atoms with E-state index in [2.05, 4.69) is 10.00 Å². The van der Waals surface area contributed by atoms with Gasteiger partial charge in [0.25, 0.3) is 0 Å². The van der Waals surface area contributed by atoms with Crippen LogP contribution in [0, 0.1) is 6.92 Å². The molecule has 1 saturated heterocycles. The lowest BCUT2D eigenvalue weighted by Crippen LogP contribution is -2.34. The zero-order valence-corrected chi connectivity index (χ0v) is 16.4. The highest BCUT2D eigenvalue weighted by Crippen LogP contribution is 2.32. The molecule has 29 heavy (non-hydrogen) atoms. The molecule has 0 radical (unpaired) electrons. The molecule has 0 bridgehead atoms. The Morgan fingerprint density at radius 1 is 1.24 bits per heavy atom. The molecule has 0 amide bonds. The van der Waals surface area contributed by atoms with Crippen LogP contribution in [-0.4, -0.2) is 31.8 Å². The molecule has 1 aliphatic heterocycles. The summed E-state index contributed by atoms with van der Waals surface area (Å²) < 4.78 is 44.3. The molecule has 3 heterocycles. The van der Waals surface area contributed by atoms with Gasteiger partial charge in [0.2, 0.25) is 0 Å². The van der Waals surface area contributed by atoms with E-state index in [-0.39, 0.29) is 12.6 Å². The summed E-state index contributed by atoms with van der Waals surface area (Å²) in [4.78, 5) is 14.6. The number of rotatable bonds is 4. The summed E-state index contributed by atoms with van der Waals surface area (Å²) in [5.41, 5.74) is 0.748. The summed E-state index contributed by atoms with van der Waals surface area (Å²) in [7, 11) is 1.84. The SMILES string of the molecule is Cc1ccc2c(c1)c(=O)cc(C(F)(F)F)n2C[C@@H]1CCCN1Cc1cnn(C)c1. The summed E-state index contributed by atoms with van der Waals surface area (Å²) >= 11 is 0. The molecule has 1 aliphatic rings. The maximum absolute atomic E-state index is 13.8. The molecular weight excluding hydrogens is 381 g/mol. The van der Waals surface area contributed by atoms with Gasteiger partial charge in [-0.25, -0.2) is 0 Å². The Morgan fingerprint density at radius 3 is 2.72 bits per heavy atom. The third-order valence-electron chi connectivity index (χ3n) is 5.59. The second kappa shape index (κ2) is 7.33. The molecule has 1 atom stereocenters. The predicted octanol–water partition coefficient (Wildman–Crippen LogP) is 3.73. The zero-order valence-electron chi connectivity index (χ0n) is 16.4. The molecule has 1 fully saturated rings. The van der Waals surface area contributed by atoms with Crippen molar-refractivity contribution in [2.75, 3.05) is 6.54 Å². The van der Waals surface area contributed by atoms with E-state index in [0.29, 0.717) is 17.4 Å². The fourth-order valence-electron chi connectivity index (χ4n) is 4.23. The topological polar surface area (TPSA) is 43.1 Å². The number of benzene rings is 1. The second-order valence-corrected chi connectivity index (χ2v) is 7.81. The molecule has 0 unspecified atom stereocenters. The first-order chi connectivity index (χ1) is 13.7. The summed E-state index contributed by atoms with van der Waals surface area (Å²) in [6, 6.07) is 5.74. The van der Waals surface area contributed by atoms with Gasteiger partial charge in [0.15, 0.2) is 5.43 Å². The van der Waals surface area contributed by atoms with Crippen LogP contribution in [0.2, 0.25) is 0 Å². The largest absolute Gasteiger partial charge is 0.431 e. The van der Waals surface area contributed by atoms with E-state index >= 15 is 0 Å². The first-order valence-corrected chi connectivity index (χ1v) is 9.65. The number of likely N-dealkylation sites (tertiary alicyclic amines) is 1. The van der Waals surface area contributed by atoms with Crippen molar-refractivity contribution in [3.05, 3.63) is 63.7 Å². The van der Waals surface area contributed by atoms with E-state index in [1.807, 2.05) is 20.2 Å². The van der Waals surface area contributed by atoms with Crippen molar-refractivity contribution in [2.45, 2.75) is 45.1 Å². The quantitative estimate of drug-likeness (QED) is 0.666. The average Bonchev–Trinajstić information content (AvgIpc) is 3.25. The highest BCUT2D eigenvalue weighted by atomic mass is 19.4. The Bertz CT molecular complexity index is 1100. The van der Waals surface area contributed by atoms with E-state index in [0.717, 1.165) is 36.6 Å². The molecule has 8 heteroatoms. The number of hydrogen-bond acceptors (Lipinski definition) is 3. The van der Waals surface area contributed by atoms with Crippen LogP contribution in [0.25, 0.3) is 10.9 Å². The number of alkyl halides is 3. The van der Waals surface area contributed by atoms with Gasteiger partial charge in [0.05, 0.1) is 11.7 Å². The van der Waals surface area contributed by atoms with E-state index in [1.165, 1.54) is 4.57 Å². The monoisotopic (exact) mass is 404 g/mol. The third kappa shape index (κ3) is 3.94. The van der Waals surface area contributed by atoms with Gasteiger partial charge in [-0.1, -0.05) is 11.6 Å². The Morgan fingerprint density at radius 2 is 2.03 bits per heavy atom. The first-order valence-electron chi connectivity index (χ1n) is 9.65. The number of nitrogens with zero attached hydrogens (tertiary/aromatic N) is 4. The normalized spacial score (nSPS) is 18.0. The van der Waals surface area contributed by atoms with Crippen LogP contribution in [0.15, 0.2) is 41.5 Å². The minimum Gasteiger partial charge on any atom is -0.335 e. The number of aromatic nitrogens is 3. The highest BCUT2D eigenvalue weighted by molar-refractivity contribution is 5.80. The maximum Gasteiger partial charge on any atom is 0.431 e.